The minimum Gasteiger partial charge on any atom is -0.472 e. The maximum atomic E-state index is 5.63. The summed E-state index contributed by atoms with van der Waals surface area (Å²) in [7, 11) is 0. The third kappa shape index (κ3) is 3.00. The van der Waals surface area contributed by atoms with Crippen molar-refractivity contribution < 1.29 is 4.42 Å². The van der Waals surface area contributed by atoms with Crippen LogP contribution >= 0.6 is 11.8 Å². The quantitative estimate of drug-likeness (QED) is 0.608. The van der Waals surface area contributed by atoms with Gasteiger partial charge in [-0.25, -0.2) is 0 Å². The van der Waals surface area contributed by atoms with E-state index in [0.717, 1.165) is 6.42 Å². The molecule has 0 aromatic carbocycles. The highest BCUT2D eigenvalue weighted by atomic mass is 32.2. The zero-order valence-electron chi connectivity index (χ0n) is 8.82. The van der Waals surface area contributed by atoms with Crippen LogP contribution in [0.15, 0.2) is 23.0 Å². The zero-order chi connectivity index (χ0) is 10.5. The molecule has 0 aliphatic carbocycles. The number of hydrazine groups is 1. The molecule has 1 fully saturated rings. The van der Waals surface area contributed by atoms with Crippen molar-refractivity contribution in [2.45, 2.75) is 37.0 Å². The number of hydrogen-bond donors (Lipinski definition) is 2. The highest BCUT2D eigenvalue weighted by Crippen LogP contribution is 2.28. The Morgan fingerprint density at radius 1 is 1.60 bits per heavy atom. The fourth-order valence-electron chi connectivity index (χ4n) is 2.04. The molecule has 1 aliphatic rings. The monoisotopic (exact) mass is 226 g/mol. The Labute approximate surface area is 94.8 Å². The van der Waals surface area contributed by atoms with E-state index < -0.39 is 0 Å². The normalized spacial score (nSPS) is 23.9. The van der Waals surface area contributed by atoms with Crippen LogP contribution < -0.4 is 11.3 Å². The van der Waals surface area contributed by atoms with Crippen LogP contribution in [-0.4, -0.2) is 17.0 Å². The first kappa shape index (κ1) is 11.0. The molecule has 1 saturated heterocycles. The van der Waals surface area contributed by atoms with Gasteiger partial charge in [0.2, 0.25) is 0 Å². The molecule has 0 spiro atoms. The number of hydrogen-bond acceptors (Lipinski definition) is 4. The van der Waals surface area contributed by atoms with Crippen molar-refractivity contribution in [3.8, 4) is 0 Å². The molecule has 3 N–H and O–H groups in total. The van der Waals surface area contributed by atoms with Gasteiger partial charge >= 0.3 is 0 Å². The maximum Gasteiger partial charge on any atom is 0.0935 e. The van der Waals surface area contributed by atoms with Crippen LogP contribution in [0.2, 0.25) is 0 Å². The second-order valence-electron chi connectivity index (χ2n) is 4.01. The summed E-state index contributed by atoms with van der Waals surface area (Å²) in [5, 5.41) is 0.652. The van der Waals surface area contributed by atoms with Crippen molar-refractivity contribution in [3.63, 3.8) is 0 Å². The van der Waals surface area contributed by atoms with Crippen molar-refractivity contribution in [3.05, 3.63) is 24.2 Å². The molecule has 3 nitrogen and oxygen atoms in total. The highest BCUT2D eigenvalue weighted by molar-refractivity contribution is 8.00. The minimum atomic E-state index is 0.368. The summed E-state index contributed by atoms with van der Waals surface area (Å²) in [5.41, 5.74) is 4.17. The van der Waals surface area contributed by atoms with E-state index in [-0.39, 0.29) is 0 Å². The first-order chi connectivity index (χ1) is 7.40. The third-order valence-electron chi connectivity index (χ3n) is 2.91. The van der Waals surface area contributed by atoms with E-state index in [1.165, 1.54) is 30.6 Å². The second kappa shape index (κ2) is 5.58. The van der Waals surface area contributed by atoms with Crippen molar-refractivity contribution >= 4 is 11.8 Å². The van der Waals surface area contributed by atoms with Crippen LogP contribution in [0.1, 0.15) is 24.8 Å². The smallest absolute Gasteiger partial charge is 0.0935 e. The van der Waals surface area contributed by atoms with Gasteiger partial charge in [0, 0.05) is 11.3 Å². The molecule has 2 rings (SSSR count). The summed E-state index contributed by atoms with van der Waals surface area (Å²) < 4.78 is 5.07. The van der Waals surface area contributed by atoms with E-state index in [4.69, 9.17) is 10.3 Å². The summed E-state index contributed by atoms with van der Waals surface area (Å²) >= 11 is 2.04. The number of thioether (sulfide) groups is 1. The Morgan fingerprint density at radius 3 is 3.13 bits per heavy atom. The lowest BCUT2D eigenvalue weighted by atomic mass is 10.0. The Morgan fingerprint density at radius 2 is 2.53 bits per heavy atom. The molecule has 84 valence electrons. The Balaban J connectivity index is 1.91. The SMILES string of the molecule is NNC(Cc1ccoc1)C1CCCCS1. The van der Waals surface area contributed by atoms with Gasteiger partial charge in [0.1, 0.15) is 0 Å². The molecule has 4 heteroatoms. The van der Waals surface area contributed by atoms with E-state index in [1.807, 2.05) is 17.8 Å². The van der Waals surface area contributed by atoms with Crippen molar-refractivity contribution in [1.29, 1.82) is 0 Å². The van der Waals surface area contributed by atoms with Crippen LogP contribution in [0.3, 0.4) is 0 Å². The Kier molecular flexibility index (Phi) is 4.11. The molecular weight excluding hydrogens is 208 g/mol. The first-order valence-corrected chi connectivity index (χ1v) is 6.54. The Bertz CT molecular complexity index is 270. The third-order valence-corrected chi connectivity index (χ3v) is 4.43. The molecule has 0 amide bonds. The van der Waals surface area contributed by atoms with Crippen LogP contribution in [0.5, 0.6) is 0 Å². The average Bonchev–Trinajstić information content (AvgIpc) is 2.80. The van der Waals surface area contributed by atoms with Gasteiger partial charge in [0.25, 0.3) is 0 Å². The lowest BCUT2D eigenvalue weighted by Gasteiger charge is -2.29. The summed E-state index contributed by atoms with van der Waals surface area (Å²) in [6.45, 7) is 0. The number of furan rings is 1. The summed E-state index contributed by atoms with van der Waals surface area (Å²) in [6.07, 6.45) is 8.45. The molecule has 0 bridgehead atoms. The van der Waals surface area contributed by atoms with Crippen LogP contribution in [0.4, 0.5) is 0 Å². The molecule has 1 aromatic rings. The van der Waals surface area contributed by atoms with Crippen LogP contribution in [-0.2, 0) is 6.42 Å². The van der Waals surface area contributed by atoms with Crippen molar-refractivity contribution in [1.82, 2.24) is 5.43 Å². The van der Waals surface area contributed by atoms with Gasteiger partial charge in [0.15, 0.2) is 0 Å². The van der Waals surface area contributed by atoms with Gasteiger partial charge in [-0.05, 0) is 36.6 Å². The molecule has 2 unspecified atom stereocenters. The molecular formula is C11H18N2OS. The molecule has 2 heterocycles. The summed E-state index contributed by atoms with van der Waals surface area (Å²) in [5.74, 6) is 6.90. The average molecular weight is 226 g/mol. The van der Waals surface area contributed by atoms with E-state index >= 15 is 0 Å². The summed E-state index contributed by atoms with van der Waals surface area (Å²) in [6, 6.07) is 2.38. The fraction of sp³-hybridized carbons (Fsp3) is 0.636. The number of rotatable bonds is 4. The van der Waals surface area contributed by atoms with Gasteiger partial charge in [-0.3, -0.25) is 11.3 Å². The lowest BCUT2D eigenvalue weighted by Crippen LogP contribution is -2.44. The Hall–Kier alpha value is -0.450. The summed E-state index contributed by atoms with van der Waals surface area (Å²) in [4.78, 5) is 0. The standard InChI is InChI=1S/C11H18N2OS/c12-13-10(7-9-4-5-14-8-9)11-3-1-2-6-15-11/h4-5,8,10-11,13H,1-3,6-7,12H2. The van der Waals surface area contributed by atoms with Gasteiger partial charge in [-0.15, -0.1) is 0 Å². The topological polar surface area (TPSA) is 51.2 Å². The lowest BCUT2D eigenvalue weighted by molar-refractivity contribution is 0.469. The molecule has 0 radical (unpaired) electrons. The van der Waals surface area contributed by atoms with Gasteiger partial charge in [0.05, 0.1) is 12.5 Å². The molecule has 1 aliphatic heterocycles. The predicted molar refractivity (Wildman–Crippen MR) is 63.6 cm³/mol. The minimum absolute atomic E-state index is 0.368. The van der Waals surface area contributed by atoms with Gasteiger partial charge < -0.3 is 4.42 Å². The highest BCUT2D eigenvalue weighted by Gasteiger charge is 2.23. The molecule has 1 aromatic heterocycles. The van der Waals surface area contributed by atoms with Gasteiger partial charge in [-0.2, -0.15) is 11.8 Å². The van der Waals surface area contributed by atoms with E-state index in [2.05, 4.69) is 5.43 Å². The van der Waals surface area contributed by atoms with E-state index in [1.54, 1.807) is 12.5 Å². The predicted octanol–water partition coefficient (Wildman–Crippen LogP) is 1.94. The van der Waals surface area contributed by atoms with Crippen molar-refractivity contribution in [2.75, 3.05) is 5.75 Å². The number of nitrogens with two attached hydrogens (primary N) is 1. The van der Waals surface area contributed by atoms with Gasteiger partial charge in [-0.1, -0.05) is 6.42 Å². The fourth-order valence-corrected chi connectivity index (χ4v) is 3.46. The molecule has 15 heavy (non-hydrogen) atoms. The largest absolute Gasteiger partial charge is 0.472 e. The van der Waals surface area contributed by atoms with E-state index in [9.17, 15) is 0 Å². The van der Waals surface area contributed by atoms with E-state index in [0.29, 0.717) is 11.3 Å². The zero-order valence-corrected chi connectivity index (χ0v) is 9.63. The molecule has 0 saturated carbocycles. The maximum absolute atomic E-state index is 5.63. The molecule has 2 atom stereocenters. The second-order valence-corrected chi connectivity index (χ2v) is 5.36. The first-order valence-electron chi connectivity index (χ1n) is 5.49. The van der Waals surface area contributed by atoms with Crippen LogP contribution in [0, 0.1) is 0 Å². The number of nitrogens with one attached hydrogen (secondary N) is 1. The van der Waals surface area contributed by atoms with Crippen molar-refractivity contribution in [2.24, 2.45) is 5.84 Å². The van der Waals surface area contributed by atoms with Crippen LogP contribution in [0.25, 0.3) is 0 Å².